The van der Waals surface area contributed by atoms with E-state index in [1.165, 1.54) is 23.5 Å². The summed E-state index contributed by atoms with van der Waals surface area (Å²) in [6.45, 7) is 3.95. The van der Waals surface area contributed by atoms with Crippen molar-refractivity contribution in [2.45, 2.75) is 16.9 Å². The molecule has 0 atom stereocenters. The lowest BCUT2D eigenvalue weighted by molar-refractivity contribution is -0.137. The van der Waals surface area contributed by atoms with Crippen LogP contribution >= 0.6 is 11.3 Å². The highest BCUT2D eigenvalue weighted by Gasteiger charge is 2.30. The number of nitrogens with zero attached hydrogens (tertiary/aromatic N) is 3. The average Bonchev–Trinajstić information content (AvgIpc) is 3.74. The minimum atomic E-state index is -4.47. The molecule has 6 aromatic rings. The molecule has 0 bridgehead atoms. The maximum Gasteiger partial charge on any atom is 0.416 e. The Morgan fingerprint density at radius 1 is 0.978 bits per heavy atom. The molecule has 7 nitrogen and oxygen atoms in total. The van der Waals surface area contributed by atoms with Crippen LogP contribution in [0.4, 0.5) is 18.9 Å². The van der Waals surface area contributed by atoms with Crippen molar-refractivity contribution in [1.82, 2.24) is 14.9 Å². The van der Waals surface area contributed by atoms with E-state index < -0.39 is 21.8 Å². The molecule has 0 aliphatic carbocycles. The van der Waals surface area contributed by atoms with E-state index in [4.69, 9.17) is 9.72 Å². The molecule has 12 heteroatoms. The van der Waals surface area contributed by atoms with E-state index in [-0.39, 0.29) is 4.21 Å². The third-order valence-electron chi connectivity index (χ3n) is 8.35. The first-order chi connectivity index (χ1) is 22.1. The Balaban J connectivity index is 1.38. The summed E-state index contributed by atoms with van der Waals surface area (Å²) < 4.78 is 74.2. The van der Waals surface area contributed by atoms with E-state index in [0.717, 1.165) is 65.3 Å². The van der Waals surface area contributed by atoms with Crippen molar-refractivity contribution in [3.63, 3.8) is 0 Å². The zero-order valence-corrected chi connectivity index (χ0v) is 26.3. The number of fused-ring (bicyclic) bond motifs is 3. The number of nitrogens with one attached hydrogen (secondary N) is 1. The summed E-state index contributed by atoms with van der Waals surface area (Å²) in [7, 11) is -2.29. The number of benzene rings is 3. The molecule has 0 saturated carbocycles. The first-order valence-electron chi connectivity index (χ1n) is 14.6. The zero-order chi connectivity index (χ0) is 32.1. The summed E-state index contributed by atoms with van der Waals surface area (Å²) in [5, 5.41) is 3.10. The number of aromatic nitrogens is 2. The Hall–Kier alpha value is -4.23. The second-order valence-electron chi connectivity index (χ2n) is 11.2. The molecule has 3 aromatic heterocycles. The van der Waals surface area contributed by atoms with E-state index in [1.807, 2.05) is 12.1 Å². The van der Waals surface area contributed by atoms with Gasteiger partial charge in [0.1, 0.15) is 9.86 Å². The van der Waals surface area contributed by atoms with Gasteiger partial charge in [0, 0.05) is 60.3 Å². The second-order valence-corrected chi connectivity index (χ2v) is 14.3. The monoisotopic (exact) mass is 662 g/mol. The van der Waals surface area contributed by atoms with Gasteiger partial charge >= 0.3 is 6.18 Å². The summed E-state index contributed by atoms with van der Waals surface area (Å²) in [4.78, 5) is 10.4. The van der Waals surface area contributed by atoms with E-state index in [2.05, 4.69) is 22.0 Å². The normalized spacial score (nSPS) is 14.7. The number of thiophene rings is 1. The molecule has 236 valence electrons. The molecule has 1 N–H and O–H groups in total. The first-order valence-corrected chi connectivity index (χ1v) is 17.0. The second kappa shape index (κ2) is 11.8. The van der Waals surface area contributed by atoms with Gasteiger partial charge in [-0.1, -0.05) is 42.5 Å². The fourth-order valence-corrected chi connectivity index (χ4v) is 8.22. The molecule has 1 aliphatic heterocycles. The van der Waals surface area contributed by atoms with Crippen LogP contribution in [0.3, 0.4) is 0 Å². The predicted molar refractivity (Wildman–Crippen MR) is 175 cm³/mol. The number of halogens is 3. The van der Waals surface area contributed by atoms with Crippen LogP contribution in [0.2, 0.25) is 0 Å². The van der Waals surface area contributed by atoms with Crippen LogP contribution in [0.1, 0.15) is 11.1 Å². The van der Waals surface area contributed by atoms with Gasteiger partial charge in [-0.05, 0) is 58.5 Å². The number of morpholine rings is 1. The number of rotatable bonds is 7. The van der Waals surface area contributed by atoms with Crippen LogP contribution in [0.25, 0.3) is 44.2 Å². The topological polar surface area (TPSA) is 78.5 Å². The van der Waals surface area contributed by atoms with E-state index >= 15 is 0 Å². The highest BCUT2D eigenvalue weighted by Crippen LogP contribution is 2.42. The molecule has 1 saturated heterocycles. The first kappa shape index (κ1) is 30.4. The Labute approximate surface area is 267 Å². The van der Waals surface area contributed by atoms with Gasteiger partial charge in [-0.3, -0.25) is 9.21 Å². The standard InChI is InChI=1S/C34H29F3N4O3S2/c1-40(46(42,43)30-3-2-18-45-30)26-12-13-29-27(19-26)32-31(24-8-10-25(11-9-24)34(35,36)37)28(20-38-33(32)39-29)23-6-4-22(5-7-23)21-41-14-16-44-17-15-41/h2-13,18-20H,14-17,21H2,1H3,(H,38,39). The molecule has 0 spiro atoms. The van der Waals surface area contributed by atoms with E-state index in [0.29, 0.717) is 46.4 Å². The molecule has 1 fully saturated rings. The Kier molecular flexibility index (Phi) is 7.84. The quantitative estimate of drug-likeness (QED) is 0.189. The SMILES string of the molecule is CN(c1ccc2[nH]c3ncc(-c4ccc(CN5CCOCC5)cc4)c(-c4ccc(C(F)(F)F)cc4)c3c2c1)S(=O)(=O)c1cccs1. The number of pyridine rings is 1. The minimum absolute atomic E-state index is 0.223. The molecule has 3 aromatic carbocycles. The van der Waals surface area contributed by atoms with Crippen LogP contribution in [-0.2, 0) is 27.5 Å². The summed E-state index contributed by atoms with van der Waals surface area (Å²) in [5.74, 6) is 0. The summed E-state index contributed by atoms with van der Waals surface area (Å²) in [6, 6.07) is 21.8. The van der Waals surface area contributed by atoms with Crippen LogP contribution < -0.4 is 4.31 Å². The number of aromatic amines is 1. The highest BCUT2D eigenvalue weighted by molar-refractivity contribution is 7.94. The predicted octanol–water partition coefficient (Wildman–Crippen LogP) is 7.79. The lowest BCUT2D eigenvalue weighted by Crippen LogP contribution is -2.35. The summed E-state index contributed by atoms with van der Waals surface area (Å²) in [6.07, 6.45) is -2.74. The van der Waals surface area contributed by atoms with Crippen molar-refractivity contribution in [3.05, 3.63) is 102 Å². The van der Waals surface area contributed by atoms with Crippen LogP contribution in [0.5, 0.6) is 0 Å². The number of anilines is 1. The Morgan fingerprint density at radius 3 is 2.37 bits per heavy atom. The molecule has 0 amide bonds. The number of alkyl halides is 3. The van der Waals surface area contributed by atoms with Crippen molar-refractivity contribution >= 4 is 49.0 Å². The molecular weight excluding hydrogens is 634 g/mol. The van der Waals surface area contributed by atoms with E-state index in [1.54, 1.807) is 41.9 Å². The number of hydrogen-bond acceptors (Lipinski definition) is 6. The summed E-state index contributed by atoms with van der Waals surface area (Å²) >= 11 is 1.14. The molecule has 0 unspecified atom stereocenters. The van der Waals surface area contributed by atoms with Gasteiger partial charge in [-0.25, -0.2) is 13.4 Å². The van der Waals surface area contributed by atoms with Gasteiger partial charge in [-0.15, -0.1) is 11.3 Å². The smallest absolute Gasteiger partial charge is 0.379 e. The number of sulfonamides is 1. The van der Waals surface area contributed by atoms with Gasteiger partial charge in [0.15, 0.2) is 0 Å². The van der Waals surface area contributed by atoms with E-state index in [9.17, 15) is 21.6 Å². The van der Waals surface area contributed by atoms with Gasteiger partial charge in [0.2, 0.25) is 0 Å². The van der Waals surface area contributed by atoms with Crippen LogP contribution in [-0.4, -0.2) is 56.6 Å². The number of H-pyrrole nitrogens is 1. The van der Waals surface area contributed by atoms with Gasteiger partial charge in [0.05, 0.1) is 24.5 Å². The molecule has 1 aliphatic rings. The molecule has 46 heavy (non-hydrogen) atoms. The lowest BCUT2D eigenvalue weighted by atomic mass is 9.92. The minimum Gasteiger partial charge on any atom is -0.379 e. The van der Waals surface area contributed by atoms with Gasteiger partial charge < -0.3 is 9.72 Å². The number of hydrogen-bond donors (Lipinski definition) is 1. The largest absolute Gasteiger partial charge is 0.416 e. The van der Waals surface area contributed by atoms with Crippen molar-refractivity contribution in [1.29, 1.82) is 0 Å². The molecule has 7 rings (SSSR count). The molecule has 0 radical (unpaired) electrons. The molecule has 4 heterocycles. The Morgan fingerprint density at radius 2 is 1.70 bits per heavy atom. The average molecular weight is 663 g/mol. The fraction of sp³-hybridized carbons (Fsp3) is 0.206. The van der Waals surface area contributed by atoms with Crippen molar-refractivity contribution in [3.8, 4) is 22.3 Å². The maximum absolute atomic E-state index is 13.5. The third-order valence-corrected chi connectivity index (χ3v) is 11.5. The van der Waals surface area contributed by atoms with Gasteiger partial charge in [0.25, 0.3) is 10.0 Å². The van der Waals surface area contributed by atoms with Crippen molar-refractivity contribution in [2.75, 3.05) is 37.7 Å². The van der Waals surface area contributed by atoms with Crippen molar-refractivity contribution in [2.24, 2.45) is 0 Å². The lowest BCUT2D eigenvalue weighted by Gasteiger charge is -2.26. The maximum atomic E-state index is 13.5. The van der Waals surface area contributed by atoms with Crippen LogP contribution in [0.15, 0.2) is 94.6 Å². The Bertz CT molecular complexity index is 2120. The fourth-order valence-electron chi connectivity index (χ4n) is 5.88. The van der Waals surface area contributed by atoms with Crippen LogP contribution in [0, 0.1) is 0 Å². The zero-order valence-electron chi connectivity index (χ0n) is 24.7. The number of ether oxygens (including phenoxy) is 1. The third kappa shape index (κ3) is 5.66. The highest BCUT2D eigenvalue weighted by atomic mass is 32.2. The summed E-state index contributed by atoms with van der Waals surface area (Å²) in [5.41, 5.74) is 5.00. The van der Waals surface area contributed by atoms with Gasteiger partial charge in [-0.2, -0.15) is 13.2 Å². The molecular formula is C34H29F3N4O3S2. The van der Waals surface area contributed by atoms with Crippen molar-refractivity contribution < 1.29 is 26.3 Å².